The summed E-state index contributed by atoms with van der Waals surface area (Å²) in [5, 5.41) is 9.08. The third kappa shape index (κ3) is 3.01. The van der Waals surface area contributed by atoms with Crippen LogP contribution in [0.2, 0.25) is 0 Å². The molecule has 1 heterocycles. The normalized spacial score (nSPS) is 17.9. The first-order chi connectivity index (χ1) is 9.81. The summed E-state index contributed by atoms with van der Waals surface area (Å²) in [6, 6.07) is 5.62. The fraction of sp³-hybridized carbons (Fsp3) is 0.500. The molecule has 0 saturated heterocycles. The first kappa shape index (κ1) is 15.4. The largest absolute Gasteiger partial charge is 0.480 e. The minimum absolute atomic E-state index is 0.0216. The number of carboxylic acids is 1. The number of carbonyl (C=O) groups is 2. The number of carbonyl (C=O) groups excluding carboxylic acids is 1. The van der Waals surface area contributed by atoms with Crippen molar-refractivity contribution in [3.63, 3.8) is 0 Å². The molecule has 1 aromatic carbocycles. The van der Waals surface area contributed by atoms with E-state index in [9.17, 15) is 9.59 Å². The molecular formula is C16H21NO4. The van der Waals surface area contributed by atoms with E-state index >= 15 is 0 Å². The second-order valence-corrected chi connectivity index (χ2v) is 5.98. The summed E-state index contributed by atoms with van der Waals surface area (Å²) in [7, 11) is 0. The molecule has 0 saturated carbocycles. The van der Waals surface area contributed by atoms with Crippen molar-refractivity contribution in [3.05, 3.63) is 23.8 Å². The number of amides is 1. The maximum absolute atomic E-state index is 12.5. The van der Waals surface area contributed by atoms with Gasteiger partial charge in [-0.05, 0) is 29.5 Å². The molecule has 0 fully saturated rings. The Balaban J connectivity index is 2.49. The monoisotopic (exact) mass is 291 g/mol. The average molecular weight is 291 g/mol. The Kier molecular flexibility index (Phi) is 4.21. The summed E-state index contributed by atoms with van der Waals surface area (Å²) >= 11 is 0. The molecule has 2 rings (SSSR count). The van der Waals surface area contributed by atoms with Gasteiger partial charge in [0.15, 0.2) is 6.10 Å². The van der Waals surface area contributed by atoms with Gasteiger partial charge in [-0.3, -0.25) is 14.5 Å². The van der Waals surface area contributed by atoms with Gasteiger partial charge in [0.25, 0.3) is 5.91 Å². The van der Waals surface area contributed by atoms with Crippen LogP contribution in [-0.4, -0.2) is 29.6 Å². The second-order valence-electron chi connectivity index (χ2n) is 5.98. The highest BCUT2D eigenvalue weighted by Gasteiger charge is 2.37. The molecule has 0 aromatic heterocycles. The summed E-state index contributed by atoms with van der Waals surface area (Å²) in [6.45, 7) is 7.52. The molecule has 1 atom stereocenters. The molecule has 1 N–H and O–H groups in total. The Morgan fingerprint density at radius 3 is 2.52 bits per heavy atom. The lowest BCUT2D eigenvalue weighted by atomic mass is 9.99. The molecule has 5 heteroatoms. The predicted octanol–water partition coefficient (Wildman–Crippen LogP) is 2.64. The lowest BCUT2D eigenvalue weighted by Gasteiger charge is -2.35. The van der Waals surface area contributed by atoms with Crippen LogP contribution in [-0.2, 0) is 9.59 Å². The predicted molar refractivity (Wildman–Crippen MR) is 79.8 cm³/mol. The van der Waals surface area contributed by atoms with Gasteiger partial charge in [0, 0.05) is 0 Å². The van der Waals surface area contributed by atoms with Crippen molar-refractivity contribution >= 4 is 17.6 Å². The molecule has 1 aliphatic rings. The number of benzene rings is 1. The fourth-order valence-electron chi connectivity index (χ4n) is 2.38. The quantitative estimate of drug-likeness (QED) is 0.926. The number of carboxylic acid groups (broad SMARTS) is 1. The molecular weight excluding hydrogens is 270 g/mol. The lowest BCUT2D eigenvalue weighted by Crippen LogP contribution is -2.50. The van der Waals surface area contributed by atoms with Crippen LogP contribution in [0.15, 0.2) is 18.2 Å². The highest BCUT2D eigenvalue weighted by atomic mass is 16.5. The van der Waals surface area contributed by atoms with Crippen LogP contribution in [0.3, 0.4) is 0 Å². The average Bonchev–Trinajstić information content (AvgIpc) is 2.40. The van der Waals surface area contributed by atoms with Crippen molar-refractivity contribution in [1.82, 2.24) is 0 Å². The summed E-state index contributed by atoms with van der Waals surface area (Å²) in [4.78, 5) is 24.9. The van der Waals surface area contributed by atoms with Crippen molar-refractivity contribution in [2.75, 3.05) is 11.4 Å². The highest BCUT2D eigenvalue weighted by Crippen LogP contribution is 2.37. The van der Waals surface area contributed by atoms with Crippen LogP contribution in [0.1, 0.15) is 39.2 Å². The minimum atomic E-state index is -1.03. The number of aliphatic carboxylic acids is 1. The zero-order valence-electron chi connectivity index (χ0n) is 12.8. The van der Waals surface area contributed by atoms with Crippen molar-refractivity contribution in [2.24, 2.45) is 5.92 Å². The Morgan fingerprint density at radius 1 is 1.33 bits per heavy atom. The van der Waals surface area contributed by atoms with Gasteiger partial charge >= 0.3 is 5.97 Å². The van der Waals surface area contributed by atoms with Gasteiger partial charge in [-0.1, -0.05) is 33.8 Å². The van der Waals surface area contributed by atoms with Gasteiger partial charge in [0.2, 0.25) is 0 Å². The third-order valence-corrected chi connectivity index (χ3v) is 3.60. The lowest BCUT2D eigenvalue weighted by molar-refractivity contribution is -0.138. The van der Waals surface area contributed by atoms with E-state index in [4.69, 9.17) is 9.84 Å². The number of rotatable bonds is 4. The van der Waals surface area contributed by atoms with Gasteiger partial charge in [0.05, 0.1) is 5.69 Å². The SMILES string of the molecule is CC(C)c1ccc2c(c1)N(CC(=O)O)C(=O)C(C(C)C)O2. The smallest absolute Gasteiger partial charge is 0.323 e. The zero-order chi connectivity index (χ0) is 15.7. The van der Waals surface area contributed by atoms with Crippen LogP contribution in [0.5, 0.6) is 5.75 Å². The maximum Gasteiger partial charge on any atom is 0.323 e. The fourth-order valence-corrected chi connectivity index (χ4v) is 2.38. The van der Waals surface area contributed by atoms with E-state index in [1.807, 2.05) is 45.9 Å². The first-order valence-corrected chi connectivity index (χ1v) is 7.15. The molecule has 21 heavy (non-hydrogen) atoms. The van der Waals surface area contributed by atoms with Crippen LogP contribution in [0, 0.1) is 5.92 Å². The van der Waals surface area contributed by atoms with Gasteiger partial charge in [-0.2, -0.15) is 0 Å². The maximum atomic E-state index is 12.5. The van der Waals surface area contributed by atoms with E-state index in [2.05, 4.69) is 0 Å². The van der Waals surface area contributed by atoms with Gasteiger partial charge < -0.3 is 9.84 Å². The van der Waals surface area contributed by atoms with Gasteiger partial charge in [-0.15, -0.1) is 0 Å². The first-order valence-electron chi connectivity index (χ1n) is 7.15. The van der Waals surface area contributed by atoms with E-state index in [0.29, 0.717) is 17.4 Å². The number of nitrogens with zero attached hydrogens (tertiary/aromatic N) is 1. The Morgan fingerprint density at radius 2 is 2.00 bits per heavy atom. The molecule has 1 unspecified atom stereocenters. The van der Waals surface area contributed by atoms with E-state index in [1.165, 1.54) is 4.90 Å². The Bertz CT molecular complexity index is 565. The van der Waals surface area contributed by atoms with Crippen molar-refractivity contribution in [2.45, 2.75) is 39.7 Å². The van der Waals surface area contributed by atoms with E-state index in [0.717, 1.165) is 5.56 Å². The second kappa shape index (κ2) is 5.76. The summed E-state index contributed by atoms with van der Waals surface area (Å²) < 4.78 is 5.77. The molecule has 1 aromatic rings. The highest BCUT2D eigenvalue weighted by molar-refractivity contribution is 6.03. The van der Waals surface area contributed by atoms with Crippen molar-refractivity contribution < 1.29 is 19.4 Å². The Hall–Kier alpha value is -2.04. The van der Waals surface area contributed by atoms with Crippen LogP contribution < -0.4 is 9.64 Å². The molecule has 1 amide bonds. The van der Waals surface area contributed by atoms with Crippen LogP contribution in [0.25, 0.3) is 0 Å². The summed E-state index contributed by atoms with van der Waals surface area (Å²) in [5.74, 6) is -0.486. The topological polar surface area (TPSA) is 66.8 Å². The Labute approximate surface area is 124 Å². The van der Waals surface area contributed by atoms with E-state index in [1.54, 1.807) is 0 Å². The number of hydrogen-bond donors (Lipinski definition) is 1. The van der Waals surface area contributed by atoms with Crippen LogP contribution in [0.4, 0.5) is 5.69 Å². The molecule has 114 valence electrons. The van der Waals surface area contributed by atoms with E-state index in [-0.39, 0.29) is 18.4 Å². The molecule has 1 aliphatic heterocycles. The molecule has 5 nitrogen and oxygen atoms in total. The number of anilines is 1. The van der Waals surface area contributed by atoms with Crippen LogP contribution >= 0.6 is 0 Å². The summed E-state index contributed by atoms with van der Waals surface area (Å²) in [6.07, 6.45) is -0.637. The minimum Gasteiger partial charge on any atom is -0.480 e. The standard InChI is InChI=1S/C16H21NO4/c1-9(2)11-5-6-13-12(7-11)17(8-14(18)19)16(20)15(21-13)10(3)4/h5-7,9-10,15H,8H2,1-4H3,(H,18,19). The van der Waals surface area contributed by atoms with Crippen molar-refractivity contribution in [1.29, 1.82) is 0 Å². The molecule has 0 aliphatic carbocycles. The molecule has 0 bridgehead atoms. The third-order valence-electron chi connectivity index (χ3n) is 3.60. The zero-order valence-corrected chi connectivity index (χ0v) is 12.8. The summed E-state index contributed by atoms with van der Waals surface area (Å²) in [5.41, 5.74) is 1.59. The van der Waals surface area contributed by atoms with Gasteiger partial charge in [-0.25, -0.2) is 0 Å². The number of hydrogen-bond acceptors (Lipinski definition) is 3. The number of ether oxygens (including phenoxy) is 1. The van der Waals surface area contributed by atoms with Gasteiger partial charge in [0.1, 0.15) is 12.3 Å². The molecule has 0 radical (unpaired) electrons. The number of fused-ring (bicyclic) bond motifs is 1. The van der Waals surface area contributed by atoms with E-state index < -0.39 is 12.1 Å². The molecule has 0 spiro atoms. The van der Waals surface area contributed by atoms with Crippen molar-refractivity contribution in [3.8, 4) is 5.75 Å².